The molecule has 0 spiro atoms. The zero-order valence-electron chi connectivity index (χ0n) is 19.6. The van der Waals surface area contributed by atoms with E-state index in [2.05, 4.69) is 36.1 Å². The lowest BCUT2D eigenvalue weighted by Crippen LogP contribution is -2.38. The molecule has 4 N–H and O–H groups in total. The molecular formula is C23H26ClFN8O3. The Hall–Kier alpha value is -3.41. The van der Waals surface area contributed by atoms with Crippen molar-refractivity contribution < 1.29 is 18.7 Å². The van der Waals surface area contributed by atoms with Crippen LogP contribution in [0, 0.1) is 0 Å². The van der Waals surface area contributed by atoms with Crippen LogP contribution in [-0.2, 0) is 4.74 Å². The number of aromatic amines is 1. The standard InChI is InChI=1S/C23H26ClFN8O3/c1-23(6-7-23)30-22(35)36-15-5-4-12(19(15)25)13-8-17(32-31-13)29-21-28-16(24)9-18-27-14(10-33(18)21)20(34)26-11-2-3-11/h8-12,15,19H,2-7H2,1H3,(H,26,34)(H,30,35)(H2,28,29,31,32)/t12-,15-,19-/m1/s1. The molecule has 0 saturated heterocycles. The van der Waals surface area contributed by atoms with E-state index in [1.54, 1.807) is 22.7 Å². The molecule has 36 heavy (non-hydrogen) atoms. The molecule has 3 heterocycles. The van der Waals surface area contributed by atoms with Crippen LogP contribution in [0.2, 0.25) is 5.15 Å². The minimum absolute atomic E-state index is 0.193. The fourth-order valence-corrected chi connectivity index (χ4v) is 4.63. The van der Waals surface area contributed by atoms with Gasteiger partial charge < -0.3 is 20.7 Å². The number of hydrogen-bond donors (Lipinski definition) is 4. The first kappa shape index (κ1) is 23.0. The summed E-state index contributed by atoms with van der Waals surface area (Å²) in [6.07, 6.45) is 3.54. The van der Waals surface area contributed by atoms with E-state index in [0.29, 0.717) is 35.9 Å². The van der Waals surface area contributed by atoms with Gasteiger partial charge in [0.05, 0.1) is 0 Å². The molecule has 0 aromatic carbocycles. The molecule has 3 aliphatic carbocycles. The molecule has 13 heteroatoms. The van der Waals surface area contributed by atoms with Crippen molar-refractivity contribution in [3.8, 4) is 0 Å². The molecule has 0 aliphatic heterocycles. The van der Waals surface area contributed by atoms with Crippen LogP contribution in [-0.4, -0.2) is 60.4 Å². The molecule has 3 aliphatic rings. The number of rotatable bonds is 7. The summed E-state index contributed by atoms with van der Waals surface area (Å²) < 4.78 is 22.1. The molecular weight excluding hydrogens is 491 g/mol. The minimum atomic E-state index is -1.35. The van der Waals surface area contributed by atoms with Crippen LogP contribution in [0.15, 0.2) is 18.3 Å². The summed E-state index contributed by atoms with van der Waals surface area (Å²) in [6.45, 7) is 1.94. The van der Waals surface area contributed by atoms with Crippen molar-refractivity contribution in [2.24, 2.45) is 0 Å². The van der Waals surface area contributed by atoms with Gasteiger partial charge in [0.1, 0.15) is 28.8 Å². The molecule has 3 atom stereocenters. The number of halogens is 2. The second kappa shape index (κ2) is 8.61. The quantitative estimate of drug-likeness (QED) is 0.352. The highest BCUT2D eigenvalue weighted by Crippen LogP contribution is 2.39. The zero-order valence-corrected chi connectivity index (χ0v) is 20.3. The van der Waals surface area contributed by atoms with Gasteiger partial charge in [-0.1, -0.05) is 11.6 Å². The lowest BCUT2D eigenvalue weighted by atomic mass is 10.0. The van der Waals surface area contributed by atoms with E-state index in [-0.39, 0.29) is 28.3 Å². The average molecular weight is 517 g/mol. The lowest BCUT2D eigenvalue weighted by molar-refractivity contribution is 0.0546. The number of amides is 2. The van der Waals surface area contributed by atoms with Crippen LogP contribution in [0.5, 0.6) is 0 Å². The van der Waals surface area contributed by atoms with Gasteiger partial charge >= 0.3 is 6.09 Å². The van der Waals surface area contributed by atoms with Crippen LogP contribution in [0.3, 0.4) is 0 Å². The van der Waals surface area contributed by atoms with E-state index in [9.17, 15) is 9.59 Å². The number of alkyl carbamates (subject to hydrolysis) is 1. The summed E-state index contributed by atoms with van der Waals surface area (Å²) in [5, 5.41) is 16.1. The molecule has 6 rings (SSSR count). The summed E-state index contributed by atoms with van der Waals surface area (Å²) >= 11 is 6.17. The molecule has 3 saturated carbocycles. The summed E-state index contributed by atoms with van der Waals surface area (Å²) in [5.74, 6) is -0.0316. The molecule has 3 fully saturated rings. The van der Waals surface area contributed by atoms with E-state index in [1.807, 2.05) is 6.92 Å². The van der Waals surface area contributed by atoms with Gasteiger partial charge in [-0.05, 0) is 45.4 Å². The number of H-pyrrole nitrogens is 1. The Balaban J connectivity index is 1.15. The van der Waals surface area contributed by atoms with Crippen molar-refractivity contribution in [1.29, 1.82) is 0 Å². The average Bonchev–Trinajstić information content (AvgIpc) is 3.61. The van der Waals surface area contributed by atoms with Crippen molar-refractivity contribution >= 4 is 41.0 Å². The molecule has 3 aromatic heterocycles. The Morgan fingerprint density at radius 1 is 1.22 bits per heavy atom. The zero-order chi connectivity index (χ0) is 25.0. The van der Waals surface area contributed by atoms with Crippen molar-refractivity contribution in [3.63, 3.8) is 0 Å². The third kappa shape index (κ3) is 4.69. The van der Waals surface area contributed by atoms with E-state index in [1.165, 1.54) is 0 Å². The normalized spacial score (nSPS) is 24.5. The van der Waals surface area contributed by atoms with Gasteiger partial charge in [0, 0.05) is 41.5 Å². The van der Waals surface area contributed by atoms with Gasteiger partial charge in [-0.2, -0.15) is 5.10 Å². The number of nitrogens with zero attached hydrogens (tertiary/aromatic N) is 4. The van der Waals surface area contributed by atoms with Gasteiger partial charge in [-0.15, -0.1) is 0 Å². The summed E-state index contributed by atoms with van der Waals surface area (Å²) in [5.41, 5.74) is 1.07. The second-order valence-corrected chi connectivity index (χ2v) is 10.5. The number of nitrogens with one attached hydrogen (secondary N) is 4. The number of anilines is 2. The Labute approximate surface area is 210 Å². The van der Waals surface area contributed by atoms with Crippen LogP contribution < -0.4 is 16.0 Å². The van der Waals surface area contributed by atoms with E-state index in [4.69, 9.17) is 16.3 Å². The number of ether oxygens (including phenoxy) is 1. The Morgan fingerprint density at radius 2 is 2.03 bits per heavy atom. The lowest BCUT2D eigenvalue weighted by Gasteiger charge is -2.19. The van der Waals surface area contributed by atoms with Gasteiger partial charge in [0.25, 0.3) is 5.91 Å². The first-order valence-corrected chi connectivity index (χ1v) is 12.5. The highest BCUT2D eigenvalue weighted by atomic mass is 35.5. The van der Waals surface area contributed by atoms with Crippen molar-refractivity contribution in [2.75, 3.05) is 5.32 Å². The monoisotopic (exact) mass is 516 g/mol. The van der Waals surface area contributed by atoms with Crippen molar-refractivity contribution in [1.82, 2.24) is 35.2 Å². The predicted octanol–water partition coefficient (Wildman–Crippen LogP) is 3.60. The molecule has 0 unspecified atom stereocenters. The maximum absolute atomic E-state index is 15.2. The van der Waals surface area contributed by atoms with Crippen LogP contribution in [0.4, 0.5) is 21.0 Å². The molecule has 3 aromatic rings. The molecule has 11 nitrogen and oxygen atoms in total. The highest BCUT2D eigenvalue weighted by Gasteiger charge is 2.43. The fourth-order valence-electron chi connectivity index (χ4n) is 4.45. The number of hydrogen-bond acceptors (Lipinski definition) is 7. The number of alkyl halides is 1. The first-order valence-electron chi connectivity index (χ1n) is 12.1. The van der Waals surface area contributed by atoms with E-state index in [0.717, 1.165) is 25.7 Å². The smallest absolute Gasteiger partial charge is 0.407 e. The predicted molar refractivity (Wildman–Crippen MR) is 128 cm³/mol. The maximum Gasteiger partial charge on any atom is 0.407 e. The third-order valence-electron chi connectivity index (χ3n) is 6.97. The van der Waals surface area contributed by atoms with E-state index < -0.39 is 24.3 Å². The maximum atomic E-state index is 15.2. The number of aromatic nitrogens is 5. The van der Waals surface area contributed by atoms with Gasteiger partial charge in [0.2, 0.25) is 5.95 Å². The number of fused-ring (bicyclic) bond motifs is 1. The summed E-state index contributed by atoms with van der Waals surface area (Å²) in [6, 6.07) is 3.46. The van der Waals surface area contributed by atoms with Crippen LogP contribution in [0.25, 0.3) is 5.65 Å². The largest absolute Gasteiger partial charge is 0.443 e. The van der Waals surface area contributed by atoms with Crippen molar-refractivity contribution in [3.05, 3.63) is 34.9 Å². The Morgan fingerprint density at radius 3 is 2.78 bits per heavy atom. The Bertz CT molecular complexity index is 1330. The molecule has 190 valence electrons. The molecule has 0 radical (unpaired) electrons. The third-order valence-corrected chi connectivity index (χ3v) is 7.16. The second-order valence-electron chi connectivity index (χ2n) is 10.1. The first-order chi connectivity index (χ1) is 17.3. The van der Waals surface area contributed by atoms with Crippen molar-refractivity contribution in [2.45, 2.75) is 75.2 Å². The van der Waals surface area contributed by atoms with E-state index >= 15 is 4.39 Å². The molecule has 2 amide bonds. The van der Waals surface area contributed by atoms with Gasteiger partial charge in [-0.25, -0.2) is 19.2 Å². The SMILES string of the molecule is CC1(NC(=O)O[C@@H]2CC[C@H](c3cc(Nc4nc(Cl)cc5nc(C(=O)NC6CC6)cn45)n[nH]3)[C@H]2F)CC1. The fraction of sp³-hybridized carbons (Fsp3) is 0.522. The Kier molecular flexibility index (Phi) is 5.51. The number of imidazole rings is 1. The van der Waals surface area contributed by atoms with Gasteiger partial charge in [-0.3, -0.25) is 14.3 Å². The van der Waals surface area contributed by atoms with Gasteiger partial charge in [0.15, 0.2) is 5.82 Å². The number of carbonyl (C=O) groups excluding carboxylic acids is 2. The molecule has 0 bridgehead atoms. The number of carbonyl (C=O) groups is 2. The minimum Gasteiger partial charge on any atom is -0.443 e. The topological polar surface area (TPSA) is 138 Å². The van der Waals surface area contributed by atoms with Crippen LogP contribution in [0.1, 0.15) is 67.5 Å². The highest BCUT2D eigenvalue weighted by molar-refractivity contribution is 6.29. The van der Waals surface area contributed by atoms with Crippen LogP contribution >= 0.6 is 11.6 Å². The summed E-state index contributed by atoms with van der Waals surface area (Å²) in [4.78, 5) is 33.2. The summed E-state index contributed by atoms with van der Waals surface area (Å²) in [7, 11) is 0.